The van der Waals surface area contributed by atoms with Gasteiger partial charge in [-0.3, -0.25) is 4.79 Å². The Morgan fingerprint density at radius 1 is 1.32 bits per heavy atom. The summed E-state index contributed by atoms with van der Waals surface area (Å²) in [6.45, 7) is 9.88. The van der Waals surface area contributed by atoms with Crippen LogP contribution in [-0.4, -0.2) is 68.1 Å². The molecule has 6 nitrogen and oxygen atoms in total. The predicted molar refractivity (Wildman–Crippen MR) is 97.4 cm³/mol. The van der Waals surface area contributed by atoms with Crippen molar-refractivity contribution in [2.24, 2.45) is 5.92 Å². The molecular weight excluding hydrogens is 316 g/mol. The number of nitrogens with zero attached hydrogens (tertiary/aromatic N) is 3. The number of likely N-dealkylation sites (N-methyl/N-ethyl adjacent to an activating group) is 1. The molecule has 0 aromatic heterocycles. The van der Waals surface area contributed by atoms with Crippen LogP contribution >= 0.6 is 0 Å². The van der Waals surface area contributed by atoms with Gasteiger partial charge in [-0.1, -0.05) is 13.0 Å². The van der Waals surface area contributed by atoms with Crippen LogP contribution in [0.3, 0.4) is 0 Å². The van der Waals surface area contributed by atoms with Crippen LogP contribution in [-0.2, 0) is 4.79 Å². The molecule has 1 saturated heterocycles. The molecule has 136 valence electrons. The molecule has 1 aliphatic rings. The topological polar surface area (TPSA) is 68.6 Å². The monoisotopic (exact) mass is 344 g/mol. The highest BCUT2D eigenvalue weighted by atomic mass is 16.5. The maximum Gasteiger partial charge on any atom is 0.260 e. The molecule has 1 N–H and O–H groups in total. The van der Waals surface area contributed by atoms with Crippen LogP contribution in [0, 0.1) is 17.2 Å². The highest BCUT2D eigenvalue weighted by molar-refractivity contribution is 5.80. The van der Waals surface area contributed by atoms with E-state index in [9.17, 15) is 4.79 Å². The number of hydrogen-bond acceptors (Lipinski definition) is 5. The normalized spacial score (nSPS) is 18.2. The fourth-order valence-corrected chi connectivity index (χ4v) is 2.85. The minimum absolute atomic E-state index is 0.132. The highest BCUT2D eigenvalue weighted by Crippen LogP contribution is 2.14. The van der Waals surface area contributed by atoms with Crippen LogP contribution in [0.5, 0.6) is 5.75 Å². The molecule has 1 heterocycles. The number of nitriles is 1. The zero-order chi connectivity index (χ0) is 18.2. The second-order valence-electron chi connectivity index (χ2n) is 6.85. The van der Waals surface area contributed by atoms with Crippen molar-refractivity contribution in [1.82, 2.24) is 15.1 Å². The molecule has 6 heteroatoms. The molecule has 0 bridgehead atoms. The van der Waals surface area contributed by atoms with Crippen molar-refractivity contribution in [2.75, 3.05) is 46.3 Å². The van der Waals surface area contributed by atoms with Crippen molar-refractivity contribution in [3.63, 3.8) is 0 Å². The predicted octanol–water partition coefficient (Wildman–Crippen LogP) is 1.33. The second-order valence-corrected chi connectivity index (χ2v) is 6.85. The molecule has 2 atom stereocenters. The summed E-state index contributed by atoms with van der Waals surface area (Å²) < 4.78 is 5.63. The Morgan fingerprint density at radius 2 is 2.04 bits per heavy atom. The molecule has 2 unspecified atom stereocenters. The van der Waals surface area contributed by atoms with E-state index in [4.69, 9.17) is 10.00 Å². The smallest absolute Gasteiger partial charge is 0.260 e. The summed E-state index contributed by atoms with van der Waals surface area (Å²) in [7, 11) is 2.15. The van der Waals surface area contributed by atoms with E-state index in [2.05, 4.69) is 35.2 Å². The molecule has 1 aliphatic heterocycles. The van der Waals surface area contributed by atoms with Gasteiger partial charge in [0.05, 0.1) is 11.6 Å². The van der Waals surface area contributed by atoms with Gasteiger partial charge < -0.3 is 19.9 Å². The van der Waals surface area contributed by atoms with E-state index >= 15 is 0 Å². The van der Waals surface area contributed by atoms with Gasteiger partial charge in [0, 0.05) is 39.3 Å². The summed E-state index contributed by atoms with van der Waals surface area (Å²) >= 11 is 0. The lowest BCUT2D eigenvalue weighted by atomic mass is 10.1. The van der Waals surface area contributed by atoms with E-state index in [0.717, 1.165) is 32.7 Å². The number of carbonyl (C=O) groups excluding carboxylic acids is 1. The fraction of sp³-hybridized carbons (Fsp3) is 0.579. The lowest BCUT2D eigenvalue weighted by molar-refractivity contribution is -0.127. The number of hydrogen-bond donors (Lipinski definition) is 1. The minimum atomic E-state index is -0.593. The number of rotatable bonds is 7. The maximum atomic E-state index is 12.2. The molecule has 0 saturated carbocycles. The van der Waals surface area contributed by atoms with Crippen molar-refractivity contribution < 1.29 is 9.53 Å². The van der Waals surface area contributed by atoms with E-state index in [0.29, 0.717) is 23.8 Å². The zero-order valence-corrected chi connectivity index (χ0v) is 15.4. The Morgan fingerprint density at radius 3 is 2.72 bits per heavy atom. The second kappa shape index (κ2) is 9.40. The van der Waals surface area contributed by atoms with Gasteiger partial charge in [-0.05, 0) is 38.1 Å². The van der Waals surface area contributed by atoms with Gasteiger partial charge in [0.2, 0.25) is 0 Å². The minimum Gasteiger partial charge on any atom is -0.481 e. The molecule has 25 heavy (non-hydrogen) atoms. The molecular formula is C19H28N4O2. The molecule has 1 amide bonds. The van der Waals surface area contributed by atoms with Gasteiger partial charge in [-0.2, -0.15) is 5.26 Å². The lowest BCUT2D eigenvalue weighted by Gasteiger charge is -2.34. The average Bonchev–Trinajstić information content (AvgIpc) is 2.61. The molecule has 0 spiro atoms. The van der Waals surface area contributed by atoms with Crippen molar-refractivity contribution in [1.29, 1.82) is 5.26 Å². The fourth-order valence-electron chi connectivity index (χ4n) is 2.85. The van der Waals surface area contributed by atoms with Crippen LogP contribution < -0.4 is 10.1 Å². The Hall–Kier alpha value is -2.10. The van der Waals surface area contributed by atoms with Crippen LogP contribution in [0.15, 0.2) is 24.3 Å². The quantitative estimate of drug-likeness (QED) is 0.808. The first-order valence-electron chi connectivity index (χ1n) is 8.83. The molecule has 2 rings (SSSR count). The van der Waals surface area contributed by atoms with Gasteiger partial charge in [-0.15, -0.1) is 0 Å². The van der Waals surface area contributed by atoms with Crippen LogP contribution in [0.25, 0.3) is 0 Å². The number of carbonyl (C=O) groups is 1. The summed E-state index contributed by atoms with van der Waals surface area (Å²) in [4.78, 5) is 17.0. The first-order valence-corrected chi connectivity index (χ1v) is 8.83. The van der Waals surface area contributed by atoms with E-state index in [1.54, 1.807) is 31.2 Å². The summed E-state index contributed by atoms with van der Waals surface area (Å²) in [5.41, 5.74) is 0.519. The number of nitrogens with one attached hydrogen (secondary N) is 1. The van der Waals surface area contributed by atoms with Gasteiger partial charge in [0.1, 0.15) is 5.75 Å². The zero-order valence-electron chi connectivity index (χ0n) is 15.4. The van der Waals surface area contributed by atoms with Crippen LogP contribution in [0.1, 0.15) is 19.4 Å². The number of benzene rings is 1. The van der Waals surface area contributed by atoms with Crippen LogP contribution in [0.2, 0.25) is 0 Å². The van der Waals surface area contributed by atoms with E-state index in [-0.39, 0.29) is 5.91 Å². The third-order valence-electron chi connectivity index (χ3n) is 4.44. The maximum absolute atomic E-state index is 12.2. The SMILES string of the molecule is CC(CNC(=O)C(C)Oc1cccc(C#N)c1)CN1CCN(C)CC1. The highest BCUT2D eigenvalue weighted by Gasteiger charge is 2.18. The van der Waals surface area contributed by atoms with Crippen molar-refractivity contribution in [3.8, 4) is 11.8 Å². The summed E-state index contributed by atoms with van der Waals surface area (Å²) in [5.74, 6) is 0.793. The van der Waals surface area contributed by atoms with Crippen molar-refractivity contribution in [3.05, 3.63) is 29.8 Å². The van der Waals surface area contributed by atoms with Gasteiger partial charge in [-0.25, -0.2) is 0 Å². The standard InChI is InChI=1S/C19H28N4O2/c1-15(14-23-9-7-22(3)8-10-23)13-21-19(24)16(2)25-18-6-4-5-17(11-18)12-20/h4-6,11,15-16H,7-10,13-14H2,1-3H3,(H,21,24). The van der Waals surface area contributed by atoms with Crippen molar-refractivity contribution >= 4 is 5.91 Å². The average molecular weight is 344 g/mol. The largest absolute Gasteiger partial charge is 0.481 e. The third-order valence-corrected chi connectivity index (χ3v) is 4.44. The first-order chi connectivity index (χ1) is 12.0. The van der Waals surface area contributed by atoms with Gasteiger partial charge in [0.15, 0.2) is 6.10 Å². The molecule has 1 fully saturated rings. The Balaban J connectivity index is 1.72. The summed E-state index contributed by atoms with van der Waals surface area (Å²) in [6.07, 6.45) is -0.593. The van der Waals surface area contributed by atoms with E-state index in [1.807, 2.05) is 0 Å². The Kier molecular flexibility index (Phi) is 7.23. The molecule has 1 aromatic rings. The van der Waals surface area contributed by atoms with Gasteiger partial charge in [0.25, 0.3) is 5.91 Å². The lowest BCUT2D eigenvalue weighted by Crippen LogP contribution is -2.47. The Labute approximate surface area is 150 Å². The van der Waals surface area contributed by atoms with E-state index in [1.165, 1.54) is 0 Å². The first kappa shape index (κ1) is 19.2. The van der Waals surface area contributed by atoms with Crippen molar-refractivity contribution in [2.45, 2.75) is 20.0 Å². The molecule has 1 aromatic carbocycles. The van der Waals surface area contributed by atoms with Crippen LogP contribution in [0.4, 0.5) is 0 Å². The third kappa shape index (κ3) is 6.37. The number of piperazine rings is 1. The summed E-state index contributed by atoms with van der Waals surface area (Å²) in [5, 5.41) is 11.9. The molecule has 0 radical (unpaired) electrons. The number of ether oxygens (including phenoxy) is 1. The number of amides is 1. The van der Waals surface area contributed by atoms with E-state index < -0.39 is 6.10 Å². The van der Waals surface area contributed by atoms with Gasteiger partial charge >= 0.3 is 0 Å². The summed E-state index contributed by atoms with van der Waals surface area (Å²) in [6, 6.07) is 8.91. The Bertz CT molecular complexity index is 606. The molecule has 0 aliphatic carbocycles.